The Morgan fingerprint density at radius 1 is 1.39 bits per heavy atom. The van der Waals surface area contributed by atoms with Crippen molar-refractivity contribution in [1.29, 1.82) is 0 Å². The van der Waals surface area contributed by atoms with Gasteiger partial charge in [-0.15, -0.1) is 0 Å². The largest absolute Gasteiger partial charge is 0.478 e. The van der Waals surface area contributed by atoms with Gasteiger partial charge in [0.15, 0.2) is 11.6 Å². The van der Waals surface area contributed by atoms with Crippen LogP contribution in [0.1, 0.15) is 17.3 Å². The molecule has 0 saturated carbocycles. The van der Waals surface area contributed by atoms with E-state index >= 15 is 0 Å². The molecule has 0 aliphatic carbocycles. The van der Waals surface area contributed by atoms with Crippen molar-refractivity contribution in [3.05, 3.63) is 29.3 Å². The van der Waals surface area contributed by atoms with Crippen LogP contribution in [0.3, 0.4) is 0 Å². The number of benzene rings is 1. The Morgan fingerprint density at radius 2 is 2.00 bits per heavy atom. The van der Waals surface area contributed by atoms with Crippen molar-refractivity contribution in [3.63, 3.8) is 0 Å². The Labute approximate surface area is 102 Å². The molecule has 0 fully saturated rings. The van der Waals surface area contributed by atoms with Crippen LogP contribution in [0, 0.1) is 11.6 Å². The minimum atomic E-state index is -1.57. The molecule has 0 radical (unpaired) electrons. The van der Waals surface area contributed by atoms with Gasteiger partial charge in [0.1, 0.15) is 5.60 Å². The minimum Gasteiger partial charge on any atom is -0.478 e. The lowest BCUT2D eigenvalue weighted by atomic mass is 10.1. The molecule has 5 nitrogen and oxygen atoms in total. The lowest BCUT2D eigenvalue weighted by Gasteiger charge is -2.21. The molecule has 0 aromatic heterocycles. The van der Waals surface area contributed by atoms with E-state index in [9.17, 15) is 18.7 Å². The molecule has 1 unspecified atom stereocenters. The summed E-state index contributed by atoms with van der Waals surface area (Å²) in [6.07, 6.45) is 0. The molecule has 1 rings (SSSR count). The van der Waals surface area contributed by atoms with E-state index in [2.05, 4.69) is 5.32 Å². The van der Waals surface area contributed by atoms with Crippen molar-refractivity contribution >= 4 is 11.7 Å². The predicted molar refractivity (Wildman–Crippen MR) is 59.5 cm³/mol. The number of carboxylic acids is 1. The SMILES string of the molecule is CC(O)(CO)CNc1ccc(C(=O)O)c(F)c1F. The summed E-state index contributed by atoms with van der Waals surface area (Å²) in [4.78, 5) is 10.5. The number of carbonyl (C=O) groups is 1. The number of hydrogen-bond donors (Lipinski definition) is 4. The van der Waals surface area contributed by atoms with Gasteiger partial charge in [0.2, 0.25) is 0 Å². The summed E-state index contributed by atoms with van der Waals surface area (Å²) < 4.78 is 26.8. The number of halogens is 2. The predicted octanol–water partition coefficient (Wildman–Crippen LogP) is 0.818. The first-order valence-electron chi connectivity index (χ1n) is 5.07. The molecule has 0 aliphatic rings. The first-order valence-corrected chi connectivity index (χ1v) is 5.07. The molecule has 1 aromatic rings. The standard InChI is InChI=1S/C11H13F2NO4/c1-11(18,5-15)4-14-7-3-2-6(10(16)17)8(12)9(7)13/h2-3,14-15,18H,4-5H2,1H3,(H,16,17). The third-order valence-electron chi connectivity index (χ3n) is 2.31. The minimum absolute atomic E-state index is 0.216. The van der Waals surface area contributed by atoms with Gasteiger partial charge in [-0.3, -0.25) is 0 Å². The molecule has 100 valence electrons. The van der Waals surface area contributed by atoms with E-state index in [1.807, 2.05) is 0 Å². The van der Waals surface area contributed by atoms with Crippen LogP contribution in [-0.2, 0) is 0 Å². The van der Waals surface area contributed by atoms with E-state index in [0.717, 1.165) is 12.1 Å². The second kappa shape index (κ2) is 5.28. The van der Waals surface area contributed by atoms with Crippen LogP contribution < -0.4 is 5.32 Å². The number of aliphatic hydroxyl groups excluding tert-OH is 1. The highest BCUT2D eigenvalue weighted by molar-refractivity contribution is 5.88. The zero-order chi connectivity index (χ0) is 13.9. The lowest BCUT2D eigenvalue weighted by molar-refractivity contribution is 0.0132. The van der Waals surface area contributed by atoms with Gasteiger partial charge in [0, 0.05) is 6.54 Å². The first-order chi connectivity index (χ1) is 8.28. The van der Waals surface area contributed by atoms with Crippen molar-refractivity contribution < 1.29 is 28.9 Å². The van der Waals surface area contributed by atoms with Gasteiger partial charge >= 0.3 is 5.97 Å². The second-order valence-corrected chi connectivity index (χ2v) is 4.10. The lowest BCUT2D eigenvalue weighted by Crippen LogP contribution is -2.37. The first kappa shape index (κ1) is 14.3. The van der Waals surface area contributed by atoms with E-state index in [4.69, 9.17) is 10.2 Å². The van der Waals surface area contributed by atoms with E-state index < -0.39 is 35.4 Å². The Kier molecular flexibility index (Phi) is 4.20. The van der Waals surface area contributed by atoms with Crippen LogP contribution >= 0.6 is 0 Å². The molecule has 0 amide bonds. The Hall–Kier alpha value is -1.73. The molecule has 18 heavy (non-hydrogen) atoms. The number of aliphatic hydroxyl groups is 2. The highest BCUT2D eigenvalue weighted by atomic mass is 19.2. The fraction of sp³-hybridized carbons (Fsp3) is 0.364. The van der Waals surface area contributed by atoms with Crippen LogP contribution in [0.2, 0.25) is 0 Å². The number of nitrogens with one attached hydrogen (secondary N) is 1. The van der Waals surface area contributed by atoms with Crippen molar-refractivity contribution in [3.8, 4) is 0 Å². The van der Waals surface area contributed by atoms with E-state index in [1.54, 1.807) is 0 Å². The number of carboxylic acid groups (broad SMARTS) is 1. The summed E-state index contributed by atoms with van der Waals surface area (Å²) in [5.41, 5.74) is -2.55. The Balaban J connectivity index is 2.93. The average molecular weight is 261 g/mol. The highest BCUT2D eigenvalue weighted by Gasteiger charge is 2.21. The van der Waals surface area contributed by atoms with Crippen LogP contribution in [0.25, 0.3) is 0 Å². The van der Waals surface area contributed by atoms with Gasteiger partial charge in [-0.2, -0.15) is 0 Å². The summed E-state index contributed by atoms with van der Waals surface area (Å²) >= 11 is 0. The zero-order valence-electron chi connectivity index (χ0n) is 9.57. The molecular formula is C11H13F2NO4. The summed E-state index contributed by atoms with van der Waals surface area (Å²) in [5.74, 6) is -4.39. The van der Waals surface area contributed by atoms with Crippen LogP contribution in [0.4, 0.5) is 14.5 Å². The van der Waals surface area contributed by atoms with Gasteiger partial charge in [-0.25, -0.2) is 13.6 Å². The van der Waals surface area contributed by atoms with Crippen molar-refractivity contribution in [2.24, 2.45) is 0 Å². The molecule has 0 heterocycles. The van der Waals surface area contributed by atoms with Gasteiger partial charge in [-0.1, -0.05) is 0 Å². The van der Waals surface area contributed by atoms with Crippen LogP contribution in [0.5, 0.6) is 0 Å². The zero-order valence-corrected chi connectivity index (χ0v) is 9.57. The third kappa shape index (κ3) is 3.14. The normalized spacial score (nSPS) is 14.1. The average Bonchev–Trinajstić information content (AvgIpc) is 2.30. The molecule has 0 aliphatic heterocycles. The third-order valence-corrected chi connectivity index (χ3v) is 2.31. The number of aromatic carboxylic acids is 1. The number of hydrogen-bond acceptors (Lipinski definition) is 4. The van der Waals surface area contributed by atoms with Gasteiger partial charge in [-0.05, 0) is 19.1 Å². The van der Waals surface area contributed by atoms with Crippen LogP contribution in [-0.4, -0.2) is 40.0 Å². The van der Waals surface area contributed by atoms with Crippen molar-refractivity contribution in [2.75, 3.05) is 18.5 Å². The fourth-order valence-corrected chi connectivity index (χ4v) is 1.19. The van der Waals surface area contributed by atoms with Crippen molar-refractivity contribution in [2.45, 2.75) is 12.5 Å². The van der Waals surface area contributed by atoms with E-state index in [1.165, 1.54) is 6.92 Å². The smallest absolute Gasteiger partial charge is 0.338 e. The maximum Gasteiger partial charge on any atom is 0.338 e. The molecule has 1 atom stereocenters. The highest BCUT2D eigenvalue weighted by Crippen LogP contribution is 2.21. The summed E-state index contributed by atoms with van der Waals surface area (Å²) in [6.45, 7) is 0.531. The maximum absolute atomic E-state index is 13.5. The Morgan fingerprint density at radius 3 is 2.50 bits per heavy atom. The molecule has 7 heteroatoms. The molecule has 1 aromatic carbocycles. The van der Waals surface area contributed by atoms with Gasteiger partial charge in [0.25, 0.3) is 0 Å². The van der Waals surface area contributed by atoms with Gasteiger partial charge < -0.3 is 20.6 Å². The van der Waals surface area contributed by atoms with Crippen molar-refractivity contribution in [1.82, 2.24) is 0 Å². The maximum atomic E-state index is 13.5. The molecular weight excluding hydrogens is 248 g/mol. The van der Waals surface area contributed by atoms with E-state index in [0.29, 0.717) is 0 Å². The quantitative estimate of drug-likeness (QED) is 0.630. The molecule has 0 spiro atoms. The second-order valence-electron chi connectivity index (χ2n) is 4.10. The van der Waals surface area contributed by atoms with Crippen LogP contribution in [0.15, 0.2) is 12.1 Å². The summed E-state index contributed by atoms with van der Waals surface area (Å²) in [7, 11) is 0. The Bertz CT molecular complexity index is 463. The van der Waals surface area contributed by atoms with Gasteiger partial charge in [0.05, 0.1) is 17.9 Å². The number of rotatable bonds is 5. The summed E-state index contributed by atoms with van der Waals surface area (Å²) in [5, 5.41) is 29.2. The topological polar surface area (TPSA) is 89.8 Å². The monoisotopic (exact) mass is 261 g/mol. The molecule has 4 N–H and O–H groups in total. The van der Waals surface area contributed by atoms with E-state index in [-0.39, 0.29) is 12.2 Å². The number of anilines is 1. The fourth-order valence-electron chi connectivity index (χ4n) is 1.19. The summed E-state index contributed by atoms with van der Waals surface area (Å²) in [6, 6.07) is 1.96. The molecule has 0 bridgehead atoms. The molecule has 0 saturated heterocycles.